The van der Waals surface area contributed by atoms with Gasteiger partial charge >= 0.3 is 0 Å². The van der Waals surface area contributed by atoms with Crippen molar-refractivity contribution in [1.29, 1.82) is 0 Å². The number of halogens is 1. The van der Waals surface area contributed by atoms with E-state index in [1.165, 1.54) is 11.3 Å². The van der Waals surface area contributed by atoms with E-state index in [1.807, 2.05) is 6.92 Å². The fraction of sp³-hybridized carbons (Fsp3) is 0.571. The average molecular weight is 262 g/mol. The summed E-state index contributed by atoms with van der Waals surface area (Å²) in [6, 6.07) is 0. The molecule has 1 aliphatic heterocycles. The first kappa shape index (κ1) is 9.08. The highest BCUT2D eigenvalue weighted by Gasteiger charge is 2.30. The number of aromatic nitrogens is 2. The van der Waals surface area contributed by atoms with Crippen LogP contribution in [0.25, 0.3) is 0 Å². The number of carbonyl (C=O) groups excluding carboxylic acids is 1. The smallest absolute Gasteiger partial charge is 0.230 e. The molecule has 0 N–H and O–H groups in total. The van der Waals surface area contributed by atoms with Crippen molar-refractivity contribution in [1.82, 2.24) is 10.2 Å². The van der Waals surface area contributed by atoms with Gasteiger partial charge in [-0.3, -0.25) is 9.69 Å². The van der Waals surface area contributed by atoms with E-state index in [2.05, 4.69) is 26.1 Å². The van der Waals surface area contributed by atoms with E-state index in [0.29, 0.717) is 18.1 Å². The molecule has 13 heavy (non-hydrogen) atoms. The van der Waals surface area contributed by atoms with Crippen LogP contribution in [0.2, 0.25) is 0 Å². The second-order valence-electron chi connectivity index (χ2n) is 2.91. The number of anilines is 1. The summed E-state index contributed by atoms with van der Waals surface area (Å²) in [7, 11) is 0. The minimum atomic E-state index is 0.123. The highest BCUT2D eigenvalue weighted by atomic mass is 79.9. The third kappa shape index (κ3) is 1.73. The van der Waals surface area contributed by atoms with Gasteiger partial charge in [-0.15, -0.1) is 10.2 Å². The van der Waals surface area contributed by atoms with Crippen molar-refractivity contribution in [3.8, 4) is 0 Å². The topological polar surface area (TPSA) is 46.1 Å². The van der Waals surface area contributed by atoms with E-state index in [9.17, 15) is 4.79 Å². The lowest BCUT2D eigenvalue weighted by Crippen LogP contribution is -2.24. The molecule has 2 heterocycles. The molecule has 70 valence electrons. The lowest BCUT2D eigenvalue weighted by atomic mass is 10.4. The minimum absolute atomic E-state index is 0.123. The van der Waals surface area contributed by atoms with E-state index in [-0.39, 0.29) is 10.7 Å². The molecule has 1 aromatic rings. The van der Waals surface area contributed by atoms with Gasteiger partial charge in [0.05, 0.1) is 0 Å². The molecule has 1 fully saturated rings. The van der Waals surface area contributed by atoms with Crippen molar-refractivity contribution >= 4 is 38.3 Å². The van der Waals surface area contributed by atoms with Crippen LogP contribution >= 0.6 is 27.3 Å². The third-order valence-electron chi connectivity index (χ3n) is 1.82. The number of hydrogen-bond donors (Lipinski definition) is 0. The quantitative estimate of drug-likeness (QED) is 0.717. The van der Waals surface area contributed by atoms with Crippen molar-refractivity contribution < 1.29 is 4.79 Å². The van der Waals surface area contributed by atoms with Gasteiger partial charge in [-0.25, -0.2) is 0 Å². The normalized spacial score (nSPS) is 22.8. The Balaban J connectivity index is 2.22. The SMILES string of the molecule is Cc1nnc(N2CC(Br)CC2=O)s1. The van der Waals surface area contributed by atoms with Crippen molar-refractivity contribution in [2.45, 2.75) is 18.2 Å². The van der Waals surface area contributed by atoms with Crippen LogP contribution in [0, 0.1) is 6.92 Å². The minimum Gasteiger partial charge on any atom is -0.286 e. The van der Waals surface area contributed by atoms with Gasteiger partial charge in [-0.1, -0.05) is 27.3 Å². The lowest BCUT2D eigenvalue weighted by Gasteiger charge is -2.09. The molecule has 0 aliphatic carbocycles. The Morgan fingerprint density at radius 2 is 2.38 bits per heavy atom. The number of nitrogens with zero attached hydrogens (tertiary/aromatic N) is 3. The highest BCUT2D eigenvalue weighted by molar-refractivity contribution is 9.09. The molecule has 1 unspecified atom stereocenters. The Bertz CT molecular complexity index is 340. The summed E-state index contributed by atoms with van der Waals surface area (Å²) in [5.74, 6) is 0.123. The fourth-order valence-electron chi connectivity index (χ4n) is 1.24. The van der Waals surface area contributed by atoms with Crippen LogP contribution in [0.15, 0.2) is 0 Å². The first-order valence-corrected chi connectivity index (χ1v) is 5.64. The Hall–Kier alpha value is -0.490. The molecule has 0 radical (unpaired) electrons. The van der Waals surface area contributed by atoms with Crippen LogP contribution in [-0.4, -0.2) is 27.5 Å². The van der Waals surface area contributed by atoms with Crippen LogP contribution < -0.4 is 4.90 Å². The number of aryl methyl sites for hydroxylation is 1. The maximum atomic E-state index is 11.4. The summed E-state index contributed by atoms with van der Waals surface area (Å²) < 4.78 is 0. The summed E-state index contributed by atoms with van der Waals surface area (Å²) in [5.41, 5.74) is 0. The van der Waals surface area contributed by atoms with Gasteiger partial charge in [0.1, 0.15) is 5.01 Å². The van der Waals surface area contributed by atoms with Crippen LogP contribution in [0.3, 0.4) is 0 Å². The van der Waals surface area contributed by atoms with Crippen LogP contribution in [0.5, 0.6) is 0 Å². The van der Waals surface area contributed by atoms with Gasteiger partial charge < -0.3 is 0 Å². The van der Waals surface area contributed by atoms with Gasteiger partial charge in [0.25, 0.3) is 0 Å². The van der Waals surface area contributed by atoms with Crippen LogP contribution in [-0.2, 0) is 4.79 Å². The first-order valence-electron chi connectivity index (χ1n) is 3.91. The van der Waals surface area contributed by atoms with Gasteiger partial charge in [-0.2, -0.15) is 0 Å². The van der Waals surface area contributed by atoms with Crippen molar-refractivity contribution in [3.05, 3.63) is 5.01 Å². The van der Waals surface area contributed by atoms with E-state index < -0.39 is 0 Å². The standard InChI is InChI=1S/C7H8BrN3OS/c1-4-9-10-7(13-4)11-3-5(8)2-6(11)12/h5H,2-3H2,1H3. The molecule has 1 aromatic heterocycles. The zero-order valence-corrected chi connectivity index (χ0v) is 9.43. The van der Waals surface area contributed by atoms with Crippen LogP contribution in [0.4, 0.5) is 5.13 Å². The molecule has 1 atom stereocenters. The fourth-order valence-corrected chi connectivity index (χ4v) is 2.52. The van der Waals surface area contributed by atoms with Gasteiger partial charge in [0.15, 0.2) is 0 Å². The number of carbonyl (C=O) groups is 1. The summed E-state index contributed by atoms with van der Waals surface area (Å²) >= 11 is 4.87. The largest absolute Gasteiger partial charge is 0.286 e. The molecule has 0 bridgehead atoms. The average Bonchev–Trinajstić information content (AvgIpc) is 2.58. The molecule has 2 rings (SSSR count). The Labute approximate surface area is 88.1 Å². The van der Waals surface area contributed by atoms with E-state index >= 15 is 0 Å². The van der Waals surface area contributed by atoms with Crippen molar-refractivity contribution in [2.75, 3.05) is 11.4 Å². The maximum absolute atomic E-state index is 11.4. The number of hydrogen-bond acceptors (Lipinski definition) is 4. The number of amides is 1. The first-order chi connectivity index (χ1) is 6.16. The van der Waals surface area contributed by atoms with E-state index in [1.54, 1.807) is 4.90 Å². The second kappa shape index (κ2) is 3.34. The highest BCUT2D eigenvalue weighted by Crippen LogP contribution is 2.27. The Morgan fingerprint density at radius 3 is 2.85 bits per heavy atom. The molecular formula is C7H8BrN3OS. The van der Waals surface area contributed by atoms with E-state index in [0.717, 1.165) is 5.01 Å². The number of alkyl halides is 1. The van der Waals surface area contributed by atoms with E-state index in [4.69, 9.17) is 0 Å². The molecule has 0 aromatic carbocycles. The van der Waals surface area contributed by atoms with Gasteiger partial charge in [-0.05, 0) is 6.92 Å². The van der Waals surface area contributed by atoms with Gasteiger partial charge in [0, 0.05) is 17.8 Å². The Kier molecular flexibility index (Phi) is 2.33. The molecule has 1 aliphatic rings. The summed E-state index contributed by atoms with van der Waals surface area (Å²) in [6.07, 6.45) is 0.554. The predicted octanol–water partition coefficient (Wildman–Crippen LogP) is 1.35. The third-order valence-corrected chi connectivity index (χ3v) is 3.30. The van der Waals surface area contributed by atoms with Crippen molar-refractivity contribution in [3.63, 3.8) is 0 Å². The zero-order valence-electron chi connectivity index (χ0n) is 7.03. The zero-order chi connectivity index (χ0) is 9.42. The molecule has 6 heteroatoms. The summed E-state index contributed by atoms with van der Waals surface area (Å²) in [6.45, 7) is 2.58. The molecule has 0 spiro atoms. The van der Waals surface area contributed by atoms with Gasteiger partial charge in [0.2, 0.25) is 11.0 Å². The molecule has 1 saturated heterocycles. The molecule has 1 amide bonds. The summed E-state index contributed by atoms with van der Waals surface area (Å²) in [4.78, 5) is 13.4. The molecule has 4 nitrogen and oxygen atoms in total. The lowest BCUT2D eigenvalue weighted by molar-refractivity contribution is -0.117. The second-order valence-corrected chi connectivity index (χ2v) is 5.36. The predicted molar refractivity (Wildman–Crippen MR) is 54.3 cm³/mol. The van der Waals surface area contributed by atoms with Crippen molar-refractivity contribution in [2.24, 2.45) is 0 Å². The summed E-state index contributed by atoms with van der Waals surface area (Å²) in [5, 5.41) is 9.42. The van der Waals surface area contributed by atoms with Crippen LogP contribution in [0.1, 0.15) is 11.4 Å². The maximum Gasteiger partial charge on any atom is 0.230 e. The molecular weight excluding hydrogens is 254 g/mol. The monoisotopic (exact) mass is 261 g/mol. The number of rotatable bonds is 1. The molecule has 0 saturated carbocycles. The Morgan fingerprint density at radius 1 is 1.62 bits per heavy atom.